The van der Waals surface area contributed by atoms with Crippen molar-refractivity contribution in [3.05, 3.63) is 105 Å². The van der Waals surface area contributed by atoms with E-state index in [-0.39, 0.29) is 22.3 Å². The lowest BCUT2D eigenvalue weighted by molar-refractivity contribution is 0.104. The molecule has 0 spiro atoms. The lowest BCUT2D eigenvalue weighted by Crippen LogP contribution is -2.22. The van der Waals surface area contributed by atoms with Gasteiger partial charge < -0.3 is 9.09 Å². The van der Waals surface area contributed by atoms with Crippen molar-refractivity contribution in [2.45, 2.75) is 27.7 Å². The van der Waals surface area contributed by atoms with Crippen molar-refractivity contribution in [1.82, 2.24) is 5.16 Å². The Balaban J connectivity index is 1.98. The predicted octanol–water partition coefficient (Wildman–Crippen LogP) is 6.90. The maximum Gasteiger partial charge on any atom is 0.248 e. The third-order valence-corrected chi connectivity index (χ3v) is 8.73. The van der Waals surface area contributed by atoms with Crippen LogP contribution in [0.1, 0.15) is 43.2 Å². The van der Waals surface area contributed by atoms with Gasteiger partial charge in [-0.3, -0.25) is 9.59 Å². The van der Waals surface area contributed by atoms with Crippen LogP contribution < -0.4 is 5.30 Å². The lowest BCUT2D eigenvalue weighted by Gasteiger charge is -2.19. The van der Waals surface area contributed by atoms with Crippen LogP contribution in [0.4, 0.5) is 0 Å². The first-order chi connectivity index (χ1) is 16.2. The summed E-state index contributed by atoms with van der Waals surface area (Å²) >= 11 is 6.36. The van der Waals surface area contributed by atoms with Gasteiger partial charge in [-0.2, -0.15) is 0 Å². The van der Waals surface area contributed by atoms with Gasteiger partial charge in [0.2, 0.25) is 18.2 Å². The van der Waals surface area contributed by atoms with Crippen LogP contribution in [0, 0.1) is 27.7 Å². The minimum atomic E-state index is -4.34. The zero-order valence-corrected chi connectivity index (χ0v) is 20.9. The molecule has 7 heteroatoms. The summed E-state index contributed by atoms with van der Waals surface area (Å²) in [4.78, 5) is 28.2. The van der Waals surface area contributed by atoms with E-state index < -0.39 is 18.2 Å². The highest BCUT2D eigenvalue weighted by atomic mass is 35.5. The topological polar surface area (TPSA) is 77.2 Å². The minimum absolute atomic E-state index is 0.00365. The third-order valence-electron chi connectivity index (χ3n) is 5.79. The van der Waals surface area contributed by atoms with Crippen LogP contribution in [0.25, 0.3) is 11.3 Å². The molecular formula is C27H23ClNO4P. The molecule has 0 aliphatic heterocycles. The number of halogens is 1. The Hall–Kier alpha value is -3.27. The molecule has 1 aromatic heterocycles. The Bertz CT molecular complexity index is 1450. The van der Waals surface area contributed by atoms with E-state index in [2.05, 4.69) is 5.16 Å². The van der Waals surface area contributed by atoms with Crippen LogP contribution >= 0.6 is 18.7 Å². The summed E-state index contributed by atoms with van der Waals surface area (Å²) in [6.07, 6.45) is 0. The number of rotatable bonds is 6. The van der Waals surface area contributed by atoms with Gasteiger partial charge in [-0.15, -0.1) is 0 Å². The molecule has 0 amide bonds. The molecule has 1 heterocycles. The fourth-order valence-electron chi connectivity index (χ4n) is 4.26. The summed E-state index contributed by atoms with van der Waals surface area (Å²) in [7, 11) is -4.34. The first-order valence-corrected chi connectivity index (χ1v) is 12.8. The molecule has 0 aliphatic carbocycles. The first kappa shape index (κ1) is 23.9. The van der Waals surface area contributed by atoms with Crippen LogP contribution in [-0.2, 0) is 4.57 Å². The van der Waals surface area contributed by atoms with Crippen molar-refractivity contribution in [3.8, 4) is 11.3 Å². The van der Waals surface area contributed by atoms with E-state index in [0.717, 1.165) is 5.56 Å². The van der Waals surface area contributed by atoms with Gasteiger partial charge in [-0.1, -0.05) is 83.0 Å². The molecule has 3 aromatic carbocycles. The second-order valence-electron chi connectivity index (χ2n) is 8.27. The molecule has 0 radical (unpaired) electrons. The molecule has 0 bridgehead atoms. The molecule has 0 saturated carbocycles. The number of hydrogen-bond donors (Lipinski definition) is 0. The summed E-state index contributed by atoms with van der Waals surface area (Å²) in [5.74, 6) is 0.168. The summed E-state index contributed by atoms with van der Waals surface area (Å²) in [5.41, 5.74) is 1.69. The second kappa shape index (κ2) is 9.17. The van der Waals surface area contributed by atoms with E-state index in [9.17, 15) is 14.2 Å². The molecule has 0 aliphatic rings. The average Bonchev–Trinajstić information content (AvgIpc) is 3.19. The van der Waals surface area contributed by atoms with Crippen LogP contribution in [0.3, 0.4) is 0 Å². The number of carbonyl (C=O) groups is 2. The fourth-order valence-corrected chi connectivity index (χ4v) is 6.97. The van der Waals surface area contributed by atoms with Crippen LogP contribution in [0.15, 0.2) is 71.3 Å². The number of benzene rings is 3. The molecule has 34 heavy (non-hydrogen) atoms. The third kappa shape index (κ3) is 3.96. The highest BCUT2D eigenvalue weighted by molar-refractivity contribution is 8.01. The Labute approximate surface area is 203 Å². The van der Waals surface area contributed by atoms with E-state index in [4.69, 9.17) is 16.1 Å². The first-order valence-electron chi connectivity index (χ1n) is 10.7. The van der Waals surface area contributed by atoms with E-state index in [0.29, 0.717) is 27.3 Å². The molecule has 1 atom stereocenters. The van der Waals surface area contributed by atoms with E-state index in [1.54, 1.807) is 75.4 Å². The Morgan fingerprint density at radius 1 is 0.824 bits per heavy atom. The molecule has 172 valence electrons. The van der Waals surface area contributed by atoms with Gasteiger partial charge in [0.15, 0.2) is 0 Å². The zero-order chi connectivity index (χ0) is 24.6. The Kier molecular flexibility index (Phi) is 6.44. The van der Waals surface area contributed by atoms with Crippen molar-refractivity contribution in [1.29, 1.82) is 0 Å². The molecule has 4 aromatic rings. The van der Waals surface area contributed by atoms with E-state index in [1.165, 1.54) is 0 Å². The maximum atomic E-state index is 14.7. The van der Waals surface area contributed by atoms with Gasteiger partial charge in [0.25, 0.3) is 0 Å². The zero-order valence-electron chi connectivity index (χ0n) is 19.3. The van der Waals surface area contributed by atoms with Crippen molar-refractivity contribution >= 4 is 35.1 Å². The van der Waals surface area contributed by atoms with Crippen molar-refractivity contribution in [2.24, 2.45) is 0 Å². The van der Waals surface area contributed by atoms with Crippen molar-refractivity contribution < 1.29 is 18.7 Å². The molecule has 4 rings (SSSR count). The Morgan fingerprint density at radius 2 is 1.38 bits per heavy atom. The van der Waals surface area contributed by atoms with Gasteiger partial charge in [0, 0.05) is 16.4 Å². The van der Waals surface area contributed by atoms with Crippen molar-refractivity contribution in [2.75, 3.05) is 0 Å². The highest BCUT2D eigenvalue weighted by Gasteiger charge is 2.46. The van der Waals surface area contributed by atoms with Gasteiger partial charge in [0.1, 0.15) is 11.5 Å². The number of aryl methyl sites for hydroxylation is 4. The van der Waals surface area contributed by atoms with Crippen LogP contribution in [0.2, 0.25) is 5.02 Å². The molecule has 0 N–H and O–H groups in total. The van der Waals surface area contributed by atoms with Gasteiger partial charge in [0.05, 0.1) is 10.6 Å². The predicted molar refractivity (Wildman–Crippen MR) is 135 cm³/mol. The standard InChI is InChI=1S/C27H23ClNO4P/c1-16-14-17(2)23(18(3)15-16)26(30)34(32,20-10-6-5-7-11-20)27(31)24-19(4)33-29-25(24)21-12-8-9-13-22(21)28/h5-15H,1-4H3. The molecule has 0 saturated heterocycles. The summed E-state index contributed by atoms with van der Waals surface area (Å²) in [5, 5.41) is 4.56. The quantitative estimate of drug-likeness (QED) is 0.274. The van der Waals surface area contributed by atoms with E-state index >= 15 is 0 Å². The second-order valence-corrected chi connectivity index (χ2v) is 11.2. The van der Waals surface area contributed by atoms with Crippen LogP contribution in [0.5, 0.6) is 0 Å². The number of aromatic nitrogens is 1. The summed E-state index contributed by atoms with van der Waals surface area (Å²) in [6.45, 7) is 7.05. The smallest absolute Gasteiger partial charge is 0.248 e. The monoisotopic (exact) mass is 491 g/mol. The SMILES string of the molecule is Cc1cc(C)c(C(=O)P(=O)(C(=O)c2c(-c3ccccc3Cl)noc2C)c2ccccc2)c(C)c1. The highest BCUT2D eigenvalue weighted by Crippen LogP contribution is 2.53. The molecule has 0 fully saturated rings. The van der Waals surface area contributed by atoms with Crippen molar-refractivity contribution in [3.63, 3.8) is 0 Å². The number of nitrogens with zero attached hydrogens (tertiary/aromatic N) is 1. The molecular weight excluding hydrogens is 469 g/mol. The number of hydrogen-bond acceptors (Lipinski definition) is 5. The number of carbonyl (C=O) groups excluding carboxylic acids is 2. The Morgan fingerprint density at radius 3 is 2.00 bits per heavy atom. The van der Waals surface area contributed by atoms with Gasteiger partial charge in [-0.05, 0) is 44.9 Å². The summed E-state index contributed by atoms with van der Waals surface area (Å²) in [6, 6.07) is 18.7. The van der Waals surface area contributed by atoms with Gasteiger partial charge in [-0.25, -0.2) is 0 Å². The van der Waals surface area contributed by atoms with E-state index in [1.807, 2.05) is 19.1 Å². The summed E-state index contributed by atoms with van der Waals surface area (Å²) < 4.78 is 20.1. The molecule has 5 nitrogen and oxygen atoms in total. The largest absolute Gasteiger partial charge is 0.360 e. The normalized spacial score (nSPS) is 12.9. The lowest BCUT2D eigenvalue weighted by atomic mass is 10.0. The minimum Gasteiger partial charge on any atom is -0.360 e. The van der Waals surface area contributed by atoms with Gasteiger partial charge >= 0.3 is 0 Å². The average molecular weight is 492 g/mol. The molecule has 1 unspecified atom stereocenters. The van der Waals surface area contributed by atoms with Crippen LogP contribution in [-0.4, -0.2) is 16.2 Å². The fraction of sp³-hybridized carbons (Fsp3) is 0.148. The maximum absolute atomic E-state index is 14.7.